The third-order valence-electron chi connectivity index (χ3n) is 3.63. The van der Waals surface area contributed by atoms with Crippen molar-refractivity contribution in [3.8, 4) is 0 Å². The van der Waals surface area contributed by atoms with Crippen LogP contribution >= 0.6 is 0 Å². The molecule has 0 aliphatic heterocycles. The third-order valence-corrected chi connectivity index (χ3v) is 3.63. The molecular weight excluding hydrogens is 260 g/mol. The number of fused-ring (bicyclic) bond motifs is 1. The van der Waals surface area contributed by atoms with Gasteiger partial charge in [-0.15, -0.1) is 0 Å². The lowest BCUT2D eigenvalue weighted by Crippen LogP contribution is -2.14. The van der Waals surface area contributed by atoms with E-state index in [4.69, 9.17) is 0 Å². The molecule has 0 unspecified atom stereocenters. The average molecular weight is 278 g/mol. The van der Waals surface area contributed by atoms with Gasteiger partial charge in [-0.25, -0.2) is 0 Å². The number of hydrogen-bond acceptors (Lipinski definition) is 1. The van der Waals surface area contributed by atoms with Crippen molar-refractivity contribution in [1.82, 2.24) is 4.57 Å². The molecule has 1 N–H and O–H groups in total. The van der Waals surface area contributed by atoms with Crippen molar-refractivity contribution < 1.29 is 4.79 Å². The first-order chi connectivity index (χ1) is 10.1. The molecule has 0 saturated heterocycles. The summed E-state index contributed by atoms with van der Waals surface area (Å²) in [7, 11) is 2.00. The molecule has 106 valence electrons. The van der Waals surface area contributed by atoms with Gasteiger partial charge in [0.25, 0.3) is 0 Å². The normalized spacial score (nSPS) is 10.8. The Morgan fingerprint density at radius 2 is 1.95 bits per heavy atom. The number of benzene rings is 2. The summed E-state index contributed by atoms with van der Waals surface area (Å²) in [5.41, 5.74) is 4.19. The molecule has 3 nitrogen and oxygen atoms in total. The number of carbonyl (C=O) groups excluding carboxylic acids is 1. The Labute approximate surface area is 124 Å². The topological polar surface area (TPSA) is 34.0 Å². The van der Waals surface area contributed by atoms with Gasteiger partial charge in [0.05, 0.1) is 6.42 Å². The molecule has 3 rings (SSSR count). The molecule has 1 aromatic heterocycles. The summed E-state index contributed by atoms with van der Waals surface area (Å²) >= 11 is 0. The summed E-state index contributed by atoms with van der Waals surface area (Å²) < 4.78 is 2.06. The van der Waals surface area contributed by atoms with Gasteiger partial charge in [0.1, 0.15) is 0 Å². The van der Waals surface area contributed by atoms with Crippen molar-refractivity contribution in [2.45, 2.75) is 13.3 Å². The second kappa shape index (κ2) is 5.44. The maximum atomic E-state index is 12.2. The molecule has 1 amide bonds. The van der Waals surface area contributed by atoms with Crippen molar-refractivity contribution in [2.24, 2.45) is 7.05 Å². The molecule has 0 radical (unpaired) electrons. The highest BCUT2D eigenvalue weighted by Crippen LogP contribution is 2.21. The largest absolute Gasteiger partial charge is 0.350 e. The van der Waals surface area contributed by atoms with Gasteiger partial charge in [-0.1, -0.05) is 30.3 Å². The summed E-state index contributed by atoms with van der Waals surface area (Å²) in [6.45, 7) is 2.01. The van der Waals surface area contributed by atoms with Crippen LogP contribution in [0.4, 0.5) is 5.69 Å². The Hall–Kier alpha value is -2.55. The van der Waals surface area contributed by atoms with E-state index in [0.29, 0.717) is 6.42 Å². The number of amides is 1. The van der Waals surface area contributed by atoms with E-state index in [1.165, 1.54) is 0 Å². The molecule has 3 aromatic rings. The smallest absolute Gasteiger partial charge is 0.228 e. The van der Waals surface area contributed by atoms with Crippen LogP contribution in [0, 0.1) is 6.92 Å². The summed E-state index contributed by atoms with van der Waals surface area (Å²) in [6, 6.07) is 16.0. The van der Waals surface area contributed by atoms with E-state index in [0.717, 1.165) is 27.7 Å². The van der Waals surface area contributed by atoms with Gasteiger partial charge in [0.2, 0.25) is 5.91 Å². The van der Waals surface area contributed by atoms with Crippen molar-refractivity contribution >= 4 is 22.5 Å². The average Bonchev–Trinajstić information content (AvgIpc) is 2.76. The minimum absolute atomic E-state index is 0.0111. The molecule has 2 aromatic carbocycles. The molecule has 0 saturated carbocycles. The zero-order valence-corrected chi connectivity index (χ0v) is 12.3. The minimum atomic E-state index is 0.0111. The Morgan fingerprint density at radius 3 is 2.76 bits per heavy atom. The van der Waals surface area contributed by atoms with Crippen LogP contribution in [-0.4, -0.2) is 10.5 Å². The van der Waals surface area contributed by atoms with Gasteiger partial charge in [0, 0.05) is 29.8 Å². The molecule has 0 fully saturated rings. The number of rotatable bonds is 3. The van der Waals surface area contributed by atoms with Crippen molar-refractivity contribution in [3.63, 3.8) is 0 Å². The molecule has 0 aliphatic rings. The fraction of sp³-hybridized carbons (Fsp3) is 0.167. The second-order valence-electron chi connectivity index (χ2n) is 5.38. The Bertz CT molecular complexity index is 802. The molecule has 21 heavy (non-hydrogen) atoms. The summed E-state index contributed by atoms with van der Waals surface area (Å²) in [5, 5.41) is 4.10. The first-order valence-electron chi connectivity index (χ1n) is 7.03. The van der Waals surface area contributed by atoms with Crippen LogP contribution in [0.3, 0.4) is 0 Å². The molecule has 0 spiro atoms. The van der Waals surface area contributed by atoms with E-state index >= 15 is 0 Å². The van der Waals surface area contributed by atoms with Crippen LogP contribution in [0.15, 0.2) is 54.7 Å². The zero-order chi connectivity index (χ0) is 14.8. The maximum absolute atomic E-state index is 12.2. The van der Waals surface area contributed by atoms with Crippen LogP contribution in [0.2, 0.25) is 0 Å². The lowest BCUT2D eigenvalue weighted by molar-refractivity contribution is -0.115. The molecule has 3 heteroatoms. The third kappa shape index (κ3) is 2.82. The van der Waals surface area contributed by atoms with Gasteiger partial charge in [0.15, 0.2) is 0 Å². The first kappa shape index (κ1) is 13.4. The van der Waals surface area contributed by atoms with Gasteiger partial charge in [-0.2, -0.15) is 0 Å². The van der Waals surface area contributed by atoms with Crippen molar-refractivity contribution in [2.75, 3.05) is 5.32 Å². The fourth-order valence-corrected chi connectivity index (χ4v) is 2.67. The number of aryl methyl sites for hydroxylation is 2. The quantitative estimate of drug-likeness (QED) is 0.779. The fourth-order valence-electron chi connectivity index (χ4n) is 2.67. The van der Waals surface area contributed by atoms with Crippen LogP contribution in [0.5, 0.6) is 0 Å². The van der Waals surface area contributed by atoms with Crippen LogP contribution in [0.25, 0.3) is 10.9 Å². The lowest BCUT2D eigenvalue weighted by Gasteiger charge is -2.05. The zero-order valence-electron chi connectivity index (χ0n) is 12.3. The number of anilines is 1. The van der Waals surface area contributed by atoms with Crippen LogP contribution in [0.1, 0.15) is 11.1 Å². The second-order valence-corrected chi connectivity index (χ2v) is 5.38. The molecule has 0 aliphatic carbocycles. The van der Waals surface area contributed by atoms with Crippen molar-refractivity contribution in [1.29, 1.82) is 0 Å². The van der Waals surface area contributed by atoms with Crippen molar-refractivity contribution in [3.05, 3.63) is 65.9 Å². The number of carbonyl (C=O) groups is 1. The summed E-state index contributed by atoms with van der Waals surface area (Å²) in [5.74, 6) is 0.0111. The minimum Gasteiger partial charge on any atom is -0.350 e. The summed E-state index contributed by atoms with van der Waals surface area (Å²) in [4.78, 5) is 12.2. The predicted octanol–water partition coefficient (Wildman–Crippen LogP) is 3.67. The molecule has 1 heterocycles. The Morgan fingerprint density at radius 1 is 1.14 bits per heavy atom. The Balaban J connectivity index is 1.80. The maximum Gasteiger partial charge on any atom is 0.228 e. The number of hydrogen-bond donors (Lipinski definition) is 1. The number of para-hydroxylation sites is 1. The first-order valence-corrected chi connectivity index (χ1v) is 7.03. The highest BCUT2D eigenvalue weighted by Gasteiger charge is 2.10. The molecular formula is C18H18N2O. The van der Waals surface area contributed by atoms with Crippen LogP contribution in [-0.2, 0) is 18.3 Å². The highest BCUT2D eigenvalue weighted by atomic mass is 16.1. The summed E-state index contributed by atoms with van der Waals surface area (Å²) in [6.07, 6.45) is 2.41. The van der Waals surface area contributed by atoms with Gasteiger partial charge < -0.3 is 9.88 Å². The van der Waals surface area contributed by atoms with E-state index in [2.05, 4.69) is 22.0 Å². The lowest BCUT2D eigenvalue weighted by atomic mass is 10.1. The monoisotopic (exact) mass is 278 g/mol. The SMILES string of the molecule is Cc1cccc(NC(=O)Cc2cn(C)c3ccccc23)c1. The van der Waals surface area contributed by atoms with E-state index in [1.54, 1.807) is 0 Å². The molecule has 0 bridgehead atoms. The van der Waals surface area contributed by atoms with E-state index in [-0.39, 0.29) is 5.91 Å². The standard InChI is InChI=1S/C18H18N2O/c1-13-6-5-7-15(10-13)19-18(21)11-14-12-20(2)17-9-4-3-8-16(14)17/h3-10,12H,11H2,1-2H3,(H,19,21). The van der Waals surface area contributed by atoms with Gasteiger partial charge in [-0.3, -0.25) is 4.79 Å². The number of aromatic nitrogens is 1. The Kier molecular flexibility index (Phi) is 3.48. The van der Waals surface area contributed by atoms with Gasteiger partial charge in [-0.05, 0) is 36.2 Å². The number of nitrogens with zero attached hydrogens (tertiary/aromatic N) is 1. The highest BCUT2D eigenvalue weighted by molar-refractivity contribution is 5.96. The van der Waals surface area contributed by atoms with Crippen LogP contribution < -0.4 is 5.32 Å². The van der Waals surface area contributed by atoms with E-state index in [9.17, 15) is 4.79 Å². The number of nitrogens with one attached hydrogen (secondary N) is 1. The molecule has 0 atom stereocenters. The van der Waals surface area contributed by atoms with Gasteiger partial charge >= 0.3 is 0 Å². The van der Waals surface area contributed by atoms with E-state index < -0.39 is 0 Å². The predicted molar refractivity (Wildman–Crippen MR) is 86.4 cm³/mol. The van der Waals surface area contributed by atoms with E-state index in [1.807, 2.05) is 56.6 Å².